The summed E-state index contributed by atoms with van der Waals surface area (Å²) in [5.41, 5.74) is 1.24. The highest BCUT2D eigenvalue weighted by atomic mass is 16.5. The Morgan fingerprint density at radius 1 is 1.29 bits per heavy atom. The van der Waals surface area contributed by atoms with Gasteiger partial charge in [0.2, 0.25) is 0 Å². The van der Waals surface area contributed by atoms with Crippen molar-refractivity contribution in [2.24, 2.45) is 0 Å². The van der Waals surface area contributed by atoms with E-state index in [0.717, 1.165) is 18.6 Å². The van der Waals surface area contributed by atoms with Gasteiger partial charge in [0.15, 0.2) is 0 Å². The maximum Gasteiger partial charge on any atom is 0.119 e. The molecule has 1 aromatic rings. The van der Waals surface area contributed by atoms with E-state index in [4.69, 9.17) is 9.84 Å². The normalized spacial score (nSPS) is 12.5. The fraction of sp³-hybridized carbons (Fsp3) is 0.500. The Morgan fingerprint density at radius 2 is 1.93 bits per heavy atom. The van der Waals surface area contributed by atoms with Gasteiger partial charge in [0, 0.05) is 0 Å². The average Bonchev–Trinajstić information content (AvgIpc) is 2.15. The van der Waals surface area contributed by atoms with Gasteiger partial charge in [-0.2, -0.15) is 0 Å². The highest BCUT2D eigenvalue weighted by Crippen LogP contribution is 2.11. The summed E-state index contributed by atoms with van der Waals surface area (Å²) in [4.78, 5) is 0. The molecule has 0 radical (unpaired) electrons. The van der Waals surface area contributed by atoms with E-state index >= 15 is 0 Å². The van der Waals surface area contributed by atoms with Gasteiger partial charge in [0.1, 0.15) is 5.75 Å². The molecule has 1 rings (SSSR count). The molecule has 0 spiro atoms. The van der Waals surface area contributed by atoms with Gasteiger partial charge in [-0.25, -0.2) is 0 Å². The van der Waals surface area contributed by atoms with Crippen molar-refractivity contribution in [1.29, 1.82) is 0 Å². The van der Waals surface area contributed by atoms with Crippen molar-refractivity contribution in [3.8, 4) is 5.75 Å². The van der Waals surface area contributed by atoms with E-state index in [0.29, 0.717) is 6.61 Å². The molecule has 14 heavy (non-hydrogen) atoms. The summed E-state index contributed by atoms with van der Waals surface area (Å²) in [7, 11) is 0. The minimum Gasteiger partial charge on any atom is -0.494 e. The van der Waals surface area contributed by atoms with Crippen LogP contribution < -0.4 is 4.74 Å². The Balaban J connectivity index is 2.21. The molecule has 78 valence electrons. The number of aryl methyl sites for hydroxylation is 1. The molecule has 1 aromatic carbocycles. The van der Waals surface area contributed by atoms with Crippen LogP contribution in [0, 0.1) is 6.92 Å². The summed E-state index contributed by atoms with van der Waals surface area (Å²) >= 11 is 0. The van der Waals surface area contributed by atoms with Crippen molar-refractivity contribution in [3.63, 3.8) is 0 Å². The molecule has 0 saturated carbocycles. The lowest BCUT2D eigenvalue weighted by atomic mass is 10.2. The van der Waals surface area contributed by atoms with Gasteiger partial charge in [-0.05, 0) is 38.8 Å². The van der Waals surface area contributed by atoms with E-state index in [1.807, 2.05) is 24.3 Å². The number of hydrogen-bond donors (Lipinski definition) is 1. The summed E-state index contributed by atoms with van der Waals surface area (Å²) in [6.07, 6.45) is 1.47. The second-order valence-electron chi connectivity index (χ2n) is 3.65. The first-order valence-corrected chi connectivity index (χ1v) is 5.06. The Hall–Kier alpha value is -1.02. The predicted octanol–water partition coefficient (Wildman–Crippen LogP) is 2.53. The van der Waals surface area contributed by atoms with Crippen LogP contribution in [0.5, 0.6) is 5.75 Å². The van der Waals surface area contributed by atoms with Crippen LogP contribution in [0.4, 0.5) is 0 Å². The van der Waals surface area contributed by atoms with Gasteiger partial charge in [0.05, 0.1) is 12.7 Å². The third-order valence-electron chi connectivity index (χ3n) is 2.06. The van der Waals surface area contributed by atoms with Crippen molar-refractivity contribution in [3.05, 3.63) is 29.8 Å². The SMILES string of the molecule is Cc1ccc(OCCCC(C)O)cc1. The zero-order chi connectivity index (χ0) is 10.4. The van der Waals surface area contributed by atoms with Gasteiger partial charge in [0.25, 0.3) is 0 Å². The van der Waals surface area contributed by atoms with Crippen molar-refractivity contribution in [1.82, 2.24) is 0 Å². The molecule has 0 bridgehead atoms. The molecule has 0 amide bonds. The molecular weight excluding hydrogens is 176 g/mol. The molecule has 2 heteroatoms. The summed E-state index contributed by atoms with van der Waals surface area (Å²) < 4.78 is 5.50. The van der Waals surface area contributed by atoms with E-state index in [-0.39, 0.29) is 6.10 Å². The van der Waals surface area contributed by atoms with Crippen LogP contribution >= 0.6 is 0 Å². The number of ether oxygens (including phenoxy) is 1. The quantitative estimate of drug-likeness (QED) is 0.730. The van der Waals surface area contributed by atoms with E-state index in [2.05, 4.69) is 6.92 Å². The molecule has 2 nitrogen and oxygen atoms in total. The summed E-state index contributed by atoms with van der Waals surface area (Å²) in [6, 6.07) is 8.00. The van der Waals surface area contributed by atoms with Crippen molar-refractivity contribution in [2.75, 3.05) is 6.61 Å². The lowest BCUT2D eigenvalue weighted by Gasteiger charge is -2.07. The first kappa shape index (κ1) is 11.1. The van der Waals surface area contributed by atoms with E-state index < -0.39 is 0 Å². The molecule has 1 N–H and O–H groups in total. The summed E-state index contributed by atoms with van der Waals surface area (Å²) in [6.45, 7) is 4.52. The average molecular weight is 194 g/mol. The lowest BCUT2D eigenvalue weighted by Crippen LogP contribution is -2.04. The van der Waals surface area contributed by atoms with E-state index in [9.17, 15) is 0 Å². The van der Waals surface area contributed by atoms with Crippen LogP contribution in [0.1, 0.15) is 25.3 Å². The summed E-state index contributed by atoms with van der Waals surface area (Å²) in [5.74, 6) is 0.904. The minimum absolute atomic E-state index is 0.225. The largest absolute Gasteiger partial charge is 0.494 e. The topological polar surface area (TPSA) is 29.5 Å². The first-order chi connectivity index (χ1) is 6.68. The number of benzene rings is 1. The molecular formula is C12H18O2. The Kier molecular flexibility index (Phi) is 4.47. The number of rotatable bonds is 5. The van der Waals surface area contributed by atoms with E-state index in [1.54, 1.807) is 6.92 Å². The maximum absolute atomic E-state index is 9.03. The Labute approximate surface area is 85.5 Å². The molecule has 1 unspecified atom stereocenters. The van der Waals surface area contributed by atoms with Gasteiger partial charge < -0.3 is 9.84 Å². The molecule has 0 aromatic heterocycles. The van der Waals surface area contributed by atoms with E-state index in [1.165, 1.54) is 5.56 Å². The fourth-order valence-corrected chi connectivity index (χ4v) is 1.20. The number of aliphatic hydroxyl groups is 1. The van der Waals surface area contributed by atoms with Crippen LogP contribution in [0.25, 0.3) is 0 Å². The molecule has 1 atom stereocenters. The molecule has 0 aliphatic heterocycles. The second kappa shape index (κ2) is 5.66. The molecule has 0 fully saturated rings. The Bertz CT molecular complexity index is 252. The molecule has 0 saturated heterocycles. The van der Waals surface area contributed by atoms with Crippen LogP contribution in [0.2, 0.25) is 0 Å². The second-order valence-corrected chi connectivity index (χ2v) is 3.65. The zero-order valence-corrected chi connectivity index (χ0v) is 8.86. The predicted molar refractivity (Wildman–Crippen MR) is 57.6 cm³/mol. The molecule has 0 aliphatic rings. The van der Waals surface area contributed by atoms with Gasteiger partial charge in [-0.1, -0.05) is 17.7 Å². The number of hydrogen-bond acceptors (Lipinski definition) is 2. The van der Waals surface area contributed by atoms with Gasteiger partial charge in [-0.3, -0.25) is 0 Å². The highest BCUT2D eigenvalue weighted by Gasteiger charge is 1.96. The first-order valence-electron chi connectivity index (χ1n) is 5.06. The number of aliphatic hydroxyl groups excluding tert-OH is 1. The zero-order valence-electron chi connectivity index (χ0n) is 8.86. The van der Waals surface area contributed by atoms with Crippen LogP contribution in [-0.2, 0) is 0 Å². The molecule has 0 aliphatic carbocycles. The summed E-state index contributed by atoms with van der Waals surface area (Å²) in [5, 5.41) is 9.03. The Morgan fingerprint density at radius 3 is 2.50 bits per heavy atom. The van der Waals surface area contributed by atoms with Crippen molar-refractivity contribution >= 4 is 0 Å². The van der Waals surface area contributed by atoms with Crippen LogP contribution in [-0.4, -0.2) is 17.8 Å². The van der Waals surface area contributed by atoms with Crippen LogP contribution in [0.15, 0.2) is 24.3 Å². The standard InChI is InChI=1S/C12H18O2/c1-10-5-7-12(8-6-10)14-9-3-4-11(2)13/h5-8,11,13H,3-4,9H2,1-2H3. The fourth-order valence-electron chi connectivity index (χ4n) is 1.20. The third-order valence-corrected chi connectivity index (χ3v) is 2.06. The van der Waals surface area contributed by atoms with Gasteiger partial charge in [-0.15, -0.1) is 0 Å². The lowest BCUT2D eigenvalue weighted by molar-refractivity contribution is 0.170. The highest BCUT2D eigenvalue weighted by molar-refractivity contribution is 5.26. The monoisotopic (exact) mass is 194 g/mol. The van der Waals surface area contributed by atoms with Crippen molar-refractivity contribution < 1.29 is 9.84 Å². The smallest absolute Gasteiger partial charge is 0.119 e. The minimum atomic E-state index is -0.225. The van der Waals surface area contributed by atoms with Gasteiger partial charge >= 0.3 is 0 Å². The molecule has 0 heterocycles. The van der Waals surface area contributed by atoms with Crippen LogP contribution in [0.3, 0.4) is 0 Å². The maximum atomic E-state index is 9.03. The third kappa shape index (κ3) is 4.28. The van der Waals surface area contributed by atoms with Crippen molar-refractivity contribution in [2.45, 2.75) is 32.8 Å².